The number of carbonyl (C=O) groups excluding carboxylic acids is 1. The van der Waals surface area contributed by atoms with Gasteiger partial charge in [0.1, 0.15) is 0 Å². The summed E-state index contributed by atoms with van der Waals surface area (Å²) in [6.45, 7) is 5.71. The van der Waals surface area contributed by atoms with Crippen LogP contribution in [0.3, 0.4) is 0 Å². The Labute approximate surface area is 75.2 Å². The Kier molecular flexibility index (Phi) is 7.66. The Morgan fingerprint density at radius 3 is 2.75 bits per heavy atom. The zero-order valence-corrected chi connectivity index (χ0v) is 7.88. The van der Waals surface area contributed by atoms with Crippen molar-refractivity contribution in [3.05, 3.63) is 24.8 Å². The van der Waals surface area contributed by atoms with Crippen LogP contribution in [0.2, 0.25) is 0 Å². The summed E-state index contributed by atoms with van der Waals surface area (Å²) in [4.78, 5) is 11.1. The van der Waals surface area contributed by atoms with Crippen LogP contribution in [0.15, 0.2) is 24.8 Å². The molecular weight excluding hydrogens is 148 g/mol. The lowest BCUT2D eigenvalue weighted by atomic mass is 10.1. The van der Waals surface area contributed by atoms with E-state index in [-0.39, 0.29) is 5.78 Å². The van der Waals surface area contributed by atoms with Gasteiger partial charge in [0, 0.05) is 6.42 Å². The van der Waals surface area contributed by atoms with Gasteiger partial charge >= 0.3 is 0 Å². The van der Waals surface area contributed by atoms with Crippen LogP contribution in [0.25, 0.3) is 0 Å². The van der Waals surface area contributed by atoms with E-state index < -0.39 is 0 Å². The first-order valence-corrected chi connectivity index (χ1v) is 4.61. The molecule has 68 valence electrons. The van der Waals surface area contributed by atoms with Gasteiger partial charge in [0.2, 0.25) is 0 Å². The van der Waals surface area contributed by atoms with E-state index >= 15 is 0 Å². The second-order valence-corrected chi connectivity index (χ2v) is 2.85. The third-order valence-corrected chi connectivity index (χ3v) is 1.63. The minimum absolute atomic E-state index is 0.241. The average molecular weight is 166 g/mol. The number of allylic oxidation sites excluding steroid dienone is 3. The number of rotatable bonds is 7. The van der Waals surface area contributed by atoms with Crippen molar-refractivity contribution >= 4 is 5.78 Å². The van der Waals surface area contributed by atoms with Crippen LogP contribution >= 0.6 is 0 Å². The van der Waals surface area contributed by atoms with Crippen molar-refractivity contribution in [3.63, 3.8) is 0 Å². The first-order valence-electron chi connectivity index (χ1n) is 4.61. The van der Waals surface area contributed by atoms with Gasteiger partial charge in [0.05, 0.1) is 0 Å². The van der Waals surface area contributed by atoms with E-state index in [1.54, 1.807) is 12.2 Å². The molecule has 0 bridgehead atoms. The fraction of sp³-hybridized carbons (Fsp3) is 0.545. The molecule has 0 unspecified atom stereocenters. The average Bonchev–Trinajstić information content (AvgIpc) is 2.06. The van der Waals surface area contributed by atoms with Crippen LogP contribution in [0, 0.1) is 0 Å². The molecule has 0 rings (SSSR count). The van der Waals surface area contributed by atoms with Gasteiger partial charge < -0.3 is 0 Å². The molecule has 0 aliphatic heterocycles. The van der Waals surface area contributed by atoms with Gasteiger partial charge in [-0.05, 0) is 18.9 Å². The maximum Gasteiger partial charge on any atom is 0.155 e. The first-order chi connectivity index (χ1) is 5.81. The molecule has 0 saturated heterocycles. The lowest BCUT2D eigenvalue weighted by molar-refractivity contribution is -0.114. The van der Waals surface area contributed by atoms with Gasteiger partial charge in [-0.2, -0.15) is 0 Å². The molecule has 0 aromatic rings. The van der Waals surface area contributed by atoms with Gasteiger partial charge in [-0.15, -0.1) is 6.58 Å². The molecule has 1 nitrogen and oxygen atoms in total. The zero-order valence-electron chi connectivity index (χ0n) is 7.88. The van der Waals surface area contributed by atoms with Crippen LogP contribution in [0.4, 0.5) is 0 Å². The van der Waals surface area contributed by atoms with Crippen molar-refractivity contribution in [3.8, 4) is 0 Å². The third kappa shape index (κ3) is 7.26. The van der Waals surface area contributed by atoms with Gasteiger partial charge in [0.25, 0.3) is 0 Å². The Balaban J connectivity index is 3.38. The van der Waals surface area contributed by atoms with E-state index in [1.165, 1.54) is 6.42 Å². The maximum absolute atomic E-state index is 11.1. The summed E-state index contributed by atoms with van der Waals surface area (Å²) in [5.74, 6) is 0.241. The standard InChI is InChI=1S/C11H18O/c1-3-5-7-9-11(12)10-8-6-4-2/h3,7,9H,1,4-6,8,10H2,2H3/b9-7+. The predicted molar refractivity (Wildman–Crippen MR) is 53.1 cm³/mol. The highest BCUT2D eigenvalue weighted by Crippen LogP contribution is 2.00. The van der Waals surface area contributed by atoms with Crippen molar-refractivity contribution in [1.29, 1.82) is 0 Å². The number of unbranched alkanes of at least 4 members (excludes halogenated alkanes) is 2. The number of carbonyl (C=O) groups is 1. The van der Waals surface area contributed by atoms with Crippen LogP contribution in [0.5, 0.6) is 0 Å². The molecule has 0 atom stereocenters. The molecule has 0 spiro atoms. The smallest absolute Gasteiger partial charge is 0.155 e. The number of ketones is 1. The van der Waals surface area contributed by atoms with E-state index in [0.29, 0.717) is 6.42 Å². The summed E-state index contributed by atoms with van der Waals surface area (Å²) in [6.07, 6.45) is 10.1. The van der Waals surface area contributed by atoms with E-state index in [9.17, 15) is 4.79 Å². The molecule has 1 heteroatoms. The molecule has 0 aromatic carbocycles. The summed E-state index contributed by atoms with van der Waals surface area (Å²) in [5, 5.41) is 0. The summed E-state index contributed by atoms with van der Waals surface area (Å²) in [6, 6.07) is 0. The normalized spacial score (nSPS) is 10.4. The lowest BCUT2D eigenvalue weighted by Gasteiger charge is -1.93. The molecule has 0 saturated carbocycles. The molecule has 0 radical (unpaired) electrons. The van der Waals surface area contributed by atoms with Crippen molar-refractivity contribution in [2.24, 2.45) is 0 Å². The fourth-order valence-electron chi connectivity index (χ4n) is 0.928. The third-order valence-electron chi connectivity index (χ3n) is 1.63. The second-order valence-electron chi connectivity index (χ2n) is 2.85. The molecular formula is C11H18O. The van der Waals surface area contributed by atoms with Gasteiger partial charge in [-0.3, -0.25) is 4.79 Å². The largest absolute Gasteiger partial charge is 0.295 e. The lowest BCUT2D eigenvalue weighted by Crippen LogP contribution is -1.91. The van der Waals surface area contributed by atoms with Gasteiger partial charge in [-0.25, -0.2) is 0 Å². The zero-order chi connectivity index (χ0) is 9.23. The molecule has 0 N–H and O–H groups in total. The van der Waals surface area contributed by atoms with E-state index in [1.807, 2.05) is 6.08 Å². The number of hydrogen-bond acceptors (Lipinski definition) is 1. The van der Waals surface area contributed by atoms with Crippen molar-refractivity contribution in [2.45, 2.75) is 39.0 Å². The summed E-state index contributed by atoms with van der Waals surface area (Å²) in [7, 11) is 0. The Morgan fingerprint density at radius 1 is 1.42 bits per heavy atom. The summed E-state index contributed by atoms with van der Waals surface area (Å²) in [5.41, 5.74) is 0. The molecule has 0 heterocycles. The van der Waals surface area contributed by atoms with Crippen molar-refractivity contribution < 1.29 is 4.79 Å². The molecule has 0 aliphatic carbocycles. The summed E-state index contributed by atoms with van der Waals surface area (Å²) < 4.78 is 0. The quantitative estimate of drug-likeness (QED) is 0.322. The van der Waals surface area contributed by atoms with Crippen LogP contribution in [-0.2, 0) is 4.79 Å². The van der Waals surface area contributed by atoms with E-state index in [0.717, 1.165) is 19.3 Å². The molecule has 0 aromatic heterocycles. The Hall–Kier alpha value is -0.850. The minimum Gasteiger partial charge on any atom is -0.295 e. The Bertz CT molecular complexity index is 156. The molecule has 0 fully saturated rings. The molecule has 0 aliphatic rings. The molecule has 12 heavy (non-hydrogen) atoms. The Morgan fingerprint density at radius 2 is 2.17 bits per heavy atom. The molecule has 0 amide bonds. The highest BCUT2D eigenvalue weighted by atomic mass is 16.1. The van der Waals surface area contributed by atoms with E-state index in [2.05, 4.69) is 13.5 Å². The monoisotopic (exact) mass is 166 g/mol. The van der Waals surface area contributed by atoms with Crippen molar-refractivity contribution in [1.82, 2.24) is 0 Å². The second kappa shape index (κ2) is 8.25. The van der Waals surface area contributed by atoms with Gasteiger partial charge in [-0.1, -0.05) is 31.9 Å². The van der Waals surface area contributed by atoms with Crippen LogP contribution < -0.4 is 0 Å². The predicted octanol–water partition coefficient (Wildman–Crippen LogP) is 3.27. The highest BCUT2D eigenvalue weighted by molar-refractivity contribution is 5.89. The highest BCUT2D eigenvalue weighted by Gasteiger charge is 1.94. The first kappa shape index (κ1) is 11.2. The van der Waals surface area contributed by atoms with Gasteiger partial charge in [0.15, 0.2) is 5.78 Å². The SMILES string of the molecule is C=CC/C=C/C(=O)CCCCC. The van der Waals surface area contributed by atoms with Crippen LogP contribution in [0.1, 0.15) is 39.0 Å². The minimum atomic E-state index is 0.241. The maximum atomic E-state index is 11.1. The topological polar surface area (TPSA) is 17.1 Å². The van der Waals surface area contributed by atoms with E-state index in [4.69, 9.17) is 0 Å². The van der Waals surface area contributed by atoms with Crippen LogP contribution in [-0.4, -0.2) is 5.78 Å². The fourth-order valence-corrected chi connectivity index (χ4v) is 0.928. The number of hydrogen-bond donors (Lipinski definition) is 0. The van der Waals surface area contributed by atoms with Crippen molar-refractivity contribution in [2.75, 3.05) is 0 Å². The summed E-state index contributed by atoms with van der Waals surface area (Å²) >= 11 is 0.